The maximum Gasteiger partial charge on any atom is 0.311 e. The number of hydrogen-bond acceptors (Lipinski definition) is 9. The summed E-state index contributed by atoms with van der Waals surface area (Å²) in [5.41, 5.74) is -3.43. The van der Waals surface area contributed by atoms with Gasteiger partial charge in [-0.15, -0.1) is 0 Å². The minimum absolute atomic E-state index is 0.274. The molecule has 0 unspecified atom stereocenters. The van der Waals surface area contributed by atoms with Gasteiger partial charge in [0.25, 0.3) is 0 Å². The van der Waals surface area contributed by atoms with E-state index in [-0.39, 0.29) is 6.61 Å². The predicted molar refractivity (Wildman–Crippen MR) is 136 cm³/mol. The van der Waals surface area contributed by atoms with Crippen LogP contribution in [0, 0.1) is 21.7 Å². The smallest absolute Gasteiger partial charge is 0.311 e. The zero-order valence-electron chi connectivity index (χ0n) is 23.6. The molecule has 0 N–H and O–H groups in total. The summed E-state index contributed by atoms with van der Waals surface area (Å²) in [6.07, 6.45) is -4.60. The molecule has 0 saturated carbocycles. The topological polar surface area (TPSA) is 114 Å². The van der Waals surface area contributed by atoms with Crippen LogP contribution in [-0.4, -0.2) is 59.9 Å². The van der Waals surface area contributed by atoms with E-state index in [0.29, 0.717) is 0 Å². The molecule has 208 valence electrons. The monoisotopic (exact) mass is 578 g/mol. The van der Waals surface area contributed by atoms with E-state index in [1.54, 1.807) is 83.1 Å². The second-order valence-corrected chi connectivity index (χ2v) is 14.1. The Labute approximate surface area is 223 Å². The Morgan fingerprint density at radius 1 is 0.583 bits per heavy atom. The lowest BCUT2D eigenvalue weighted by Gasteiger charge is -2.44. The zero-order chi connectivity index (χ0) is 28.4. The molecule has 1 fully saturated rings. The molecule has 36 heavy (non-hydrogen) atoms. The average molecular weight is 580 g/mol. The highest BCUT2D eigenvalue weighted by molar-refractivity contribution is 9.09. The SMILES string of the molecule is CC(C)(C)C(=O)OC[C@@H]1O[C@H](Br)[C@H](OC(=O)C(C)(C)C)[C@@H](OC(=O)C(C)(C)C)[C@H]1OC(=O)C(C)(C)C. The predicted octanol–water partition coefficient (Wildman–Crippen LogP) is 4.57. The molecule has 0 aromatic rings. The molecule has 1 aliphatic heterocycles. The van der Waals surface area contributed by atoms with Crippen molar-refractivity contribution in [3.63, 3.8) is 0 Å². The normalized spacial score (nSPS) is 25.5. The molecular weight excluding hydrogens is 536 g/mol. The number of carbonyl (C=O) groups excluding carboxylic acids is 4. The number of rotatable bonds is 5. The summed E-state index contributed by atoms with van der Waals surface area (Å²) in [5.74, 6) is -2.22. The first-order chi connectivity index (χ1) is 16.0. The van der Waals surface area contributed by atoms with Crippen molar-refractivity contribution in [2.24, 2.45) is 21.7 Å². The number of ether oxygens (including phenoxy) is 5. The van der Waals surface area contributed by atoms with Crippen molar-refractivity contribution in [1.29, 1.82) is 0 Å². The fourth-order valence-corrected chi connectivity index (χ4v) is 3.36. The van der Waals surface area contributed by atoms with Crippen molar-refractivity contribution < 1.29 is 42.9 Å². The van der Waals surface area contributed by atoms with Crippen molar-refractivity contribution >= 4 is 39.8 Å². The molecule has 0 spiro atoms. The van der Waals surface area contributed by atoms with Crippen LogP contribution in [0.15, 0.2) is 0 Å². The van der Waals surface area contributed by atoms with Crippen LogP contribution in [0.4, 0.5) is 0 Å². The van der Waals surface area contributed by atoms with E-state index >= 15 is 0 Å². The van der Waals surface area contributed by atoms with Gasteiger partial charge >= 0.3 is 23.9 Å². The fraction of sp³-hybridized carbons (Fsp3) is 0.846. The largest absolute Gasteiger partial charge is 0.462 e. The third-order valence-electron chi connectivity index (χ3n) is 5.13. The van der Waals surface area contributed by atoms with Crippen LogP contribution >= 0.6 is 15.9 Å². The summed E-state index contributed by atoms with van der Waals surface area (Å²) in [7, 11) is 0. The summed E-state index contributed by atoms with van der Waals surface area (Å²) in [6.45, 7) is 19.9. The Morgan fingerprint density at radius 2 is 0.917 bits per heavy atom. The van der Waals surface area contributed by atoms with Gasteiger partial charge in [0.1, 0.15) is 12.7 Å². The zero-order valence-corrected chi connectivity index (χ0v) is 25.2. The highest BCUT2D eigenvalue weighted by atomic mass is 79.9. The van der Waals surface area contributed by atoms with Gasteiger partial charge in [0.2, 0.25) is 0 Å². The number of alkyl halides is 1. The first kappa shape index (κ1) is 32.3. The van der Waals surface area contributed by atoms with E-state index in [4.69, 9.17) is 23.7 Å². The van der Waals surface area contributed by atoms with Gasteiger partial charge in [0, 0.05) is 0 Å². The van der Waals surface area contributed by atoms with E-state index in [9.17, 15) is 19.2 Å². The van der Waals surface area contributed by atoms with E-state index < -0.39 is 75.0 Å². The van der Waals surface area contributed by atoms with E-state index in [0.717, 1.165) is 0 Å². The Bertz CT molecular complexity index is 824. The highest BCUT2D eigenvalue weighted by Gasteiger charge is 2.53. The van der Waals surface area contributed by atoms with Crippen molar-refractivity contribution in [1.82, 2.24) is 0 Å². The number of carbonyl (C=O) groups is 4. The molecule has 1 heterocycles. The molecule has 0 bridgehead atoms. The third kappa shape index (κ3) is 9.01. The summed E-state index contributed by atoms with van der Waals surface area (Å²) in [5, 5.41) is -0.940. The lowest BCUT2D eigenvalue weighted by molar-refractivity contribution is -0.245. The molecule has 0 aromatic carbocycles. The van der Waals surface area contributed by atoms with E-state index in [1.165, 1.54) is 0 Å². The summed E-state index contributed by atoms with van der Waals surface area (Å²) >= 11 is 3.38. The lowest BCUT2D eigenvalue weighted by Crippen LogP contribution is -2.62. The second-order valence-electron chi connectivity index (χ2n) is 13.2. The maximum absolute atomic E-state index is 13.0. The number of halogens is 1. The van der Waals surface area contributed by atoms with Crippen LogP contribution in [0.1, 0.15) is 83.1 Å². The third-order valence-corrected chi connectivity index (χ3v) is 5.87. The van der Waals surface area contributed by atoms with Gasteiger partial charge in [0.15, 0.2) is 23.3 Å². The quantitative estimate of drug-likeness (QED) is 0.263. The van der Waals surface area contributed by atoms with Crippen molar-refractivity contribution in [2.45, 2.75) is 113 Å². The molecule has 0 aromatic heterocycles. The van der Waals surface area contributed by atoms with Gasteiger partial charge in [0.05, 0.1) is 21.7 Å². The molecule has 10 heteroatoms. The molecule has 0 amide bonds. The summed E-state index contributed by atoms with van der Waals surface area (Å²) in [6, 6.07) is 0. The fourth-order valence-electron chi connectivity index (χ4n) is 2.68. The van der Waals surface area contributed by atoms with E-state index in [1.807, 2.05) is 0 Å². The van der Waals surface area contributed by atoms with Crippen molar-refractivity contribution in [3.05, 3.63) is 0 Å². The second kappa shape index (κ2) is 11.4. The molecule has 5 atom stereocenters. The molecule has 0 aliphatic carbocycles. The molecule has 1 saturated heterocycles. The van der Waals surface area contributed by atoms with Crippen LogP contribution in [0.5, 0.6) is 0 Å². The first-order valence-corrected chi connectivity index (χ1v) is 13.0. The van der Waals surface area contributed by atoms with Crippen LogP contribution < -0.4 is 0 Å². The highest BCUT2D eigenvalue weighted by Crippen LogP contribution is 2.35. The first-order valence-electron chi connectivity index (χ1n) is 12.1. The molecular formula is C26H43BrO9. The number of hydrogen-bond donors (Lipinski definition) is 0. The Balaban J connectivity index is 3.50. The van der Waals surface area contributed by atoms with Crippen molar-refractivity contribution in [2.75, 3.05) is 6.61 Å². The minimum Gasteiger partial charge on any atom is -0.462 e. The van der Waals surface area contributed by atoms with Crippen LogP contribution in [0.3, 0.4) is 0 Å². The maximum atomic E-state index is 13.0. The van der Waals surface area contributed by atoms with Gasteiger partial charge in [-0.3, -0.25) is 19.2 Å². The average Bonchev–Trinajstić information content (AvgIpc) is 2.67. The van der Waals surface area contributed by atoms with E-state index in [2.05, 4.69) is 15.9 Å². The van der Waals surface area contributed by atoms with Gasteiger partial charge in [-0.25, -0.2) is 0 Å². The standard InChI is InChI=1S/C26H43BrO9/c1-23(2,3)19(28)32-13-14-15(34-20(29)24(4,5)6)16(35-21(30)25(7,8)9)17(18(27)33-14)36-22(31)26(10,11)12/h14-18H,13H2,1-12H3/t14-,15-,16-,17+,18-/m0/s1. The molecule has 1 rings (SSSR count). The number of esters is 4. The van der Waals surface area contributed by atoms with Gasteiger partial charge in [-0.05, 0) is 83.1 Å². The Kier molecular flexibility index (Phi) is 10.2. The lowest BCUT2D eigenvalue weighted by atomic mass is 9.93. The van der Waals surface area contributed by atoms with Crippen LogP contribution in [0.2, 0.25) is 0 Å². The van der Waals surface area contributed by atoms with Crippen LogP contribution in [0.25, 0.3) is 0 Å². The van der Waals surface area contributed by atoms with Gasteiger partial charge < -0.3 is 23.7 Å². The Hall–Kier alpha value is -1.68. The van der Waals surface area contributed by atoms with Gasteiger partial charge in [-0.1, -0.05) is 15.9 Å². The Morgan fingerprint density at radius 3 is 1.28 bits per heavy atom. The van der Waals surface area contributed by atoms with Crippen molar-refractivity contribution in [3.8, 4) is 0 Å². The summed E-state index contributed by atoms with van der Waals surface area (Å²) in [4.78, 5) is 51.1. The van der Waals surface area contributed by atoms with Gasteiger partial charge in [-0.2, -0.15) is 0 Å². The molecule has 0 radical (unpaired) electrons. The summed E-state index contributed by atoms with van der Waals surface area (Å²) < 4.78 is 28.8. The minimum atomic E-state index is -1.23. The van der Waals surface area contributed by atoms with Crippen LogP contribution in [-0.2, 0) is 42.9 Å². The molecule has 9 nitrogen and oxygen atoms in total. The molecule has 1 aliphatic rings.